The Balaban J connectivity index is 2.23. The molecule has 2 atom stereocenters. The van der Waals surface area contributed by atoms with Gasteiger partial charge in [0, 0.05) is 6.42 Å². The van der Waals surface area contributed by atoms with Crippen molar-refractivity contribution in [2.24, 2.45) is 5.92 Å². The number of hydrogen-bond acceptors (Lipinski definition) is 3. The number of benzene rings is 3. The molecule has 3 aromatic carbocycles. The van der Waals surface area contributed by atoms with Crippen molar-refractivity contribution in [3.8, 4) is 0 Å². The Morgan fingerprint density at radius 2 is 1.21 bits per heavy atom. The van der Waals surface area contributed by atoms with E-state index in [0.717, 1.165) is 15.9 Å². The Hall–Kier alpha value is -2.98. The highest BCUT2D eigenvalue weighted by Crippen LogP contribution is 2.40. The minimum Gasteiger partial charge on any atom is -0.457 e. The van der Waals surface area contributed by atoms with Gasteiger partial charge in [-0.05, 0) is 21.0 Å². The number of esters is 1. The van der Waals surface area contributed by atoms with Crippen LogP contribution in [0.2, 0.25) is 5.04 Å². The molecule has 0 aliphatic rings. The summed E-state index contributed by atoms with van der Waals surface area (Å²) >= 11 is 0. The van der Waals surface area contributed by atoms with E-state index in [2.05, 4.69) is 45.0 Å². The Bertz CT molecular complexity index is 1020. The maximum atomic E-state index is 14.8. The Morgan fingerprint density at radius 1 is 0.788 bits per heavy atom. The van der Waals surface area contributed by atoms with E-state index in [9.17, 15) is 9.59 Å². The molecule has 0 fully saturated rings. The lowest BCUT2D eigenvalue weighted by molar-refractivity contribution is -0.152. The zero-order valence-electron chi connectivity index (χ0n) is 20.2. The quantitative estimate of drug-likeness (QED) is 0.331. The third-order valence-corrected chi connectivity index (χ3v) is 12.3. The SMILES string of the molecule is CCC(=O)O[C@@H](c1ccccc1)[C@@H](C)C(=O)[Si](c1ccccc1)(c1ccccc1)C(C)(C)C. The number of carbonyl (C=O) groups is 2. The smallest absolute Gasteiger partial charge is 0.306 e. The van der Waals surface area contributed by atoms with Crippen molar-refractivity contribution in [3.05, 3.63) is 96.6 Å². The summed E-state index contributed by atoms with van der Waals surface area (Å²) in [6, 6.07) is 30.0. The molecule has 0 radical (unpaired) electrons. The van der Waals surface area contributed by atoms with Gasteiger partial charge in [0.2, 0.25) is 0 Å². The van der Waals surface area contributed by atoms with Gasteiger partial charge in [-0.3, -0.25) is 4.79 Å². The van der Waals surface area contributed by atoms with E-state index in [0.29, 0.717) is 0 Å². The standard InChI is InChI=1S/C29H34O3Si/c1-6-26(30)32-27(23-16-10-7-11-17-23)22(2)28(31)33(29(3,4)5,24-18-12-8-13-19-24)25-20-14-9-15-21-25/h7-22,27H,6H2,1-5H3/t22-,27-/m1/s1. The monoisotopic (exact) mass is 458 g/mol. The van der Waals surface area contributed by atoms with Crippen molar-refractivity contribution < 1.29 is 14.3 Å². The van der Waals surface area contributed by atoms with Gasteiger partial charge in [0.25, 0.3) is 0 Å². The van der Waals surface area contributed by atoms with Crippen molar-refractivity contribution in [3.63, 3.8) is 0 Å². The van der Waals surface area contributed by atoms with Crippen LogP contribution in [-0.2, 0) is 14.3 Å². The lowest BCUT2D eigenvalue weighted by Crippen LogP contribution is -2.71. The highest BCUT2D eigenvalue weighted by atomic mass is 28.3. The Kier molecular flexibility index (Phi) is 7.70. The van der Waals surface area contributed by atoms with E-state index in [-0.39, 0.29) is 22.8 Å². The Morgan fingerprint density at radius 3 is 1.61 bits per heavy atom. The van der Waals surface area contributed by atoms with E-state index in [1.165, 1.54) is 0 Å². The van der Waals surface area contributed by atoms with Crippen LogP contribution in [0.5, 0.6) is 0 Å². The molecular formula is C29H34O3Si. The summed E-state index contributed by atoms with van der Waals surface area (Å²) in [4.78, 5) is 27.2. The lowest BCUT2D eigenvalue weighted by atomic mass is 9.98. The number of carbonyl (C=O) groups excluding carboxylic acids is 2. The molecule has 0 aromatic heterocycles. The summed E-state index contributed by atoms with van der Waals surface area (Å²) in [7, 11) is -3.00. The number of hydrogen-bond donors (Lipinski definition) is 0. The zero-order valence-corrected chi connectivity index (χ0v) is 21.2. The van der Waals surface area contributed by atoms with Crippen molar-refractivity contribution in [1.82, 2.24) is 0 Å². The molecule has 0 N–H and O–H groups in total. The highest BCUT2D eigenvalue weighted by molar-refractivity contribution is 7.24. The molecule has 0 saturated carbocycles. The molecule has 0 saturated heterocycles. The van der Waals surface area contributed by atoms with Crippen LogP contribution < -0.4 is 10.4 Å². The molecule has 3 rings (SSSR count). The average Bonchev–Trinajstić information content (AvgIpc) is 2.83. The molecule has 4 heteroatoms. The summed E-state index contributed by atoms with van der Waals surface area (Å²) in [5, 5.41) is 2.02. The van der Waals surface area contributed by atoms with Crippen molar-refractivity contribution in [2.45, 2.75) is 52.2 Å². The van der Waals surface area contributed by atoms with Crippen LogP contribution in [0, 0.1) is 5.92 Å². The van der Waals surface area contributed by atoms with Crippen molar-refractivity contribution >= 4 is 29.8 Å². The second-order valence-electron chi connectivity index (χ2n) is 9.56. The maximum absolute atomic E-state index is 14.8. The molecule has 33 heavy (non-hydrogen) atoms. The van der Waals surface area contributed by atoms with Gasteiger partial charge < -0.3 is 9.53 Å². The second kappa shape index (κ2) is 10.3. The predicted molar refractivity (Wildman–Crippen MR) is 137 cm³/mol. The average molecular weight is 459 g/mol. The van der Waals surface area contributed by atoms with Crippen LogP contribution >= 0.6 is 0 Å². The minimum absolute atomic E-state index is 0.171. The van der Waals surface area contributed by atoms with Crippen LogP contribution in [0.4, 0.5) is 0 Å². The molecule has 172 valence electrons. The van der Waals surface area contributed by atoms with Crippen molar-refractivity contribution in [1.29, 1.82) is 0 Å². The first kappa shape index (κ1) is 24.7. The molecule has 0 amide bonds. The fraction of sp³-hybridized carbons (Fsp3) is 0.310. The zero-order chi connectivity index (χ0) is 24.1. The van der Waals surface area contributed by atoms with Crippen LogP contribution in [0.15, 0.2) is 91.0 Å². The number of ether oxygens (including phenoxy) is 1. The fourth-order valence-corrected chi connectivity index (χ4v) is 10.5. The first-order chi connectivity index (χ1) is 15.7. The summed E-state index contributed by atoms with van der Waals surface area (Å²) < 4.78 is 5.91. The molecule has 0 bridgehead atoms. The van der Waals surface area contributed by atoms with Gasteiger partial charge in [0.1, 0.15) is 11.5 Å². The van der Waals surface area contributed by atoms with Crippen LogP contribution in [0.3, 0.4) is 0 Å². The fourth-order valence-electron chi connectivity index (χ4n) is 4.87. The summed E-state index contributed by atoms with van der Waals surface area (Å²) in [5.74, 6) is -0.805. The van der Waals surface area contributed by atoms with Gasteiger partial charge in [0.15, 0.2) is 8.07 Å². The molecule has 0 aliphatic carbocycles. The van der Waals surface area contributed by atoms with Gasteiger partial charge in [-0.1, -0.05) is 126 Å². The summed E-state index contributed by atoms with van der Waals surface area (Å²) in [5.41, 5.74) is 0.845. The topological polar surface area (TPSA) is 43.4 Å². The maximum Gasteiger partial charge on any atom is 0.306 e. The minimum atomic E-state index is -3.00. The molecule has 3 nitrogen and oxygen atoms in total. The van der Waals surface area contributed by atoms with Gasteiger partial charge in [0.05, 0.1) is 5.92 Å². The van der Waals surface area contributed by atoms with E-state index < -0.39 is 20.1 Å². The highest BCUT2D eigenvalue weighted by Gasteiger charge is 2.56. The first-order valence-electron chi connectivity index (χ1n) is 11.6. The van der Waals surface area contributed by atoms with Gasteiger partial charge in [-0.15, -0.1) is 0 Å². The van der Waals surface area contributed by atoms with E-state index in [1.54, 1.807) is 6.92 Å². The predicted octanol–water partition coefficient (Wildman–Crippen LogP) is 5.49. The van der Waals surface area contributed by atoms with Crippen molar-refractivity contribution in [2.75, 3.05) is 0 Å². The third kappa shape index (κ3) is 4.86. The summed E-state index contributed by atoms with van der Waals surface area (Å²) in [6.45, 7) is 10.2. The van der Waals surface area contributed by atoms with Gasteiger partial charge in [-0.2, -0.15) is 0 Å². The lowest BCUT2D eigenvalue weighted by Gasteiger charge is -2.44. The van der Waals surface area contributed by atoms with E-state index in [1.807, 2.05) is 73.7 Å². The van der Waals surface area contributed by atoms with Crippen LogP contribution in [0.25, 0.3) is 0 Å². The van der Waals surface area contributed by atoms with E-state index in [4.69, 9.17) is 4.74 Å². The van der Waals surface area contributed by atoms with E-state index >= 15 is 0 Å². The molecule has 0 heterocycles. The van der Waals surface area contributed by atoms with Crippen LogP contribution in [-0.4, -0.2) is 19.4 Å². The molecule has 0 spiro atoms. The molecule has 0 aliphatic heterocycles. The molecule has 3 aromatic rings. The second-order valence-corrected chi connectivity index (χ2v) is 14.2. The first-order valence-corrected chi connectivity index (χ1v) is 13.6. The molecular weight excluding hydrogens is 424 g/mol. The largest absolute Gasteiger partial charge is 0.457 e. The molecule has 0 unspecified atom stereocenters. The third-order valence-electron chi connectivity index (χ3n) is 6.45. The normalized spacial score (nSPS) is 13.7. The van der Waals surface area contributed by atoms with Crippen LogP contribution in [0.1, 0.15) is 52.7 Å². The van der Waals surface area contributed by atoms with Gasteiger partial charge in [-0.25, -0.2) is 0 Å². The van der Waals surface area contributed by atoms with Gasteiger partial charge >= 0.3 is 5.97 Å². The summed E-state index contributed by atoms with van der Waals surface area (Å²) in [6.07, 6.45) is -0.364. The Labute approximate surface area is 198 Å². The number of rotatable bonds is 8.